The zero-order valence-electron chi connectivity index (χ0n) is 18.2. The van der Waals surface area contributed by atoms with Gasteiger partial charge in [0.1, 0.15) is 11.7 Å². The lowest BCUT2D eigenvalue weighted by Crippen LogP contribution is -2.52. The van der Waals surface area contributed by atoms with Crippen LogP contribution in [0.5, 0.6) is 0 Å². The van der Waals surface area contributed by atoms with Gasteiger partial charge in [-0.15, -0.1) is 0 Å². The summed E-state index contributed by atoms with van der Waals surface area (Å²) >= 11 is 12.6. The molecule has 168 valence electrons. The van der Waals surface area contributed by atoms with Crippen molar-refractivity contribution in [2.45, 2.75) is 50.8 Å². The molecule has 2 aromatic rings. The first-order valence-electron chi connectivity index (χ1n) is 11.0. The van der Waals surface area contributed by atoms with Crippen LogP contribution in [-0.2, 0) is 11.8 Å². The fraction of sp³-hybridized carbons (Fsp3) is 0.417. The van der Waals surface area contributed by atoms with Crippen LogP contribution in [0.4, 0.5) is 5.69 Å². The molecule has 0 amide bonds. The Bertz CT molecular complexity index is 1120. The number of aliphatic hydroxyl groups is 1. The van der Waals surface area contributed by atoms with Gasteiger partial charge in [0.25, 0.3) is 0 Å². The predicted octanol–water partition coefficient (Wildman–Crippen LogP) is 4.09. The summed E-state index contributed by atoms with van der Waals surface area (Å²) in [5.74, 6) is 1.50. The molecular weight excluding hydrogens is 445 g/mol. The van der Waals surface area contributed by atoms with Crippen molar-refractivity contribution >= 4 is 34.7 Å². The molecule has 5 rings (SSSR count). The van der Waals surface area contributed by atoms with Crippen LogP contribution >= 0.6 is 23.2 Å². The minimum Gasteiger partial charge on any atom is -0.369 e. The Hall–Kier alpha value is -2.12. The van der Waals surface area contributed by atoms with Crippen molar-refractivity contribution in [2.24, 2.45) is 10.7 Å². The molecule has 8 heteroatoms. The molecule has 1 saturated heterocycles. The number of aromatic nitrogens is 1. The van der Waals surface area contributed by atoms with E-state index in [1.165, 1.54) is 11.3 Å². The number of benzene rings is 1. The maximum atomic E-state index is 11.2. The molecular formula is C24H27Cl2N5O. The number of hydrogen-bond donors (Lipinski definition) is 2. The molecule has 0 bridgehead atoms. The van der Waals surface area contributed by atoms with Gasteiger partial charge in [-0.1, -0.05) is 35.3 Å². The first-order valence-corrected chi connectivity index (χ1v) is 11.7. The summed E-state index contributed by atoms with van der Waals surface area (Å²) in [7, 11) is 0. The second kappa shape index (κ2) is 8.03. The Kier molecular flexibility index (Phi) is 5.45. The number of nitrogens with two attached hydrogens (primary N) is 1. The summed E-state index contributed by atoms with van der Waals surface area (Å²) in [6.07, 6.45) is 3.73. The molecule has 2 aliphatic heterocycles. The Morgan fingerprint density at radius 3 is 2.62 bits per heavy atom. The molecule has 2 atom stereocenters. The summed E-state index contributed by atoms with van der Waals surface area (Å²) in [6.45, 7) is 5.44. The van der Waals surface area contributed by atoms with Crippen LogP contribution in [0, 0.1) is 0 Å². The molecule has 3 heterocycles. The third-order valence-corrected chi connectivity index (χ3v) is 8.07. The molecule has 6 nitrogen and oxygen atoms in total. The average Bonchev–Trinajstić information content (AvgIpc) is 3.05. The number of pyridine rings is 1. The van der Waals surface area contributed by atoms with Crippen LogP contribution in [-0.4, -0.2) is 46.2 Å². The number of nitrogens with zero attached hydrogens (tertiary/aromatic N) is 4. The molecule has 3 aliphatic rings. The Labute approximate surface area is 198 Å². The highest BCUT2D eigenvalue weighted by Gasteiger charge is 2.48. The fourth-order valence-electron chi connectivity index (χ4n) is 5.47. The number of likely N-dealkylation sites (tertiary alicyclic amines) is 1. The van der Waals surface area contributed by atoms with Crippen molar-refractivity contribution in [3.05, 3.63) is 69.2 Å². The van der Waals surface area contributed by atoms with E-state index in [4.69, 9.17) is 38.9 Å². The maximum Gasteiger partial charge on any atom is 0.158 e. The Morgan fingerprint density at radius 2 is 1.88 bits per heavy atom. The van der Waals surface area contributed by atoms with E-state index in [0.29, 0.717) is 21.6 Å². The number of fused-ring (bicyclic) bond motifs is 2. The SMILES string of the molecule is CC1=NC(N2CCC3(CC2)c2ncccc2C[C@H]3N)=C(C)C(O)N1c1cccc(Cl)c1Cl. The summed E-state index contributed by atoms with van der Waals surface area (Å²) in [6, 6.07) is 9.62. The van der Waals surface area contributed by atoms with Crippen molar-refractivity contribution in [1.82, 2.24) is 9.88 Å². The van der Waals surface area contributed by atoms with Crippen LogP contribution in [0.1, 0.15) is 37.9 Å². The lowest BCUT2D eigenvalue weighted by Gasteiger charge is -2.45. The van der Waals surface area contributed by atoms with E-state index >= 15 is 0 Å². The van der Waals surface area contributed by atoms with E-state index in [9.17, 15) is 5.11 Å². The van der Waals surface area contributed by atoms with Crippen molar-refractivity contribution in [1.29, 1.82) is 0 Å². The normalized spacial score (nSPS) is 24.8. The topological polar surface area (TPSA) is 78.0 Å². The fourth-order valence-corrected chi connectivity index (χ4v) is 5.86. The standard InChI is InChI=1S/C24H27Cl2N5O/c1-14-22(29-15(2)31(23(14)32)18-7-3-6-17(25)20(18)26)30-11-8-24(9-12-30)19(27)13-16-5-4-10-28-21(16)24/h3-7,10,19,23,32H,8-9,11-13,27H2,1-2H3/t19-,23?/m1/s1. The van der Waals surface area contributed by atoms with E-state index in [0.717, 1.165) is 43.7 Å². The minimum absolute atomic E-state index is 0.0754. The summed E-state index contributed by atoms with van der Waals surface area (Å²) in [4.78, 5) is 13.6. The molecule has 1 aromatic carbocycles. The lowest BCUT2D eigenvalue weighted by atomic mass is 9.73. The van der Waals surface area contributed by atoms with Gasteiger partial charge in [-0.2, -0.15) is 0 Å². The molecule has 0 saturated carbocycles. The first kappa shape index (κ1) is 21.7. The predicted molar refractivity (Wildman–Crippen MR) is 129 cm³/mol. The average molecular weight is 472 g/mol. The number of aliphatic imine (C=N–C) groups is 1. The highest BCUT2D eigenvalue weighted by molar-refractivity contribution is 6.44. The van der Waals surface area contributed by atoms with E-state index in [1.807, 2.05) is 38.2 Å². The minimum atomic E-state index is -0.870. The zero-order chi connectivity index (χ0) is 22.6. The van der Waals surface area contributed by atoms with Crippen LogP contribution in [0.25, 0.3) is 0 Å². The molecule has 3 N–H and O–H groups in total. The van der Waals surface area contributed by atoms with Gasteiger partial charge < -0.3 is 15.7 Å². The van der Waals surface area contributed by atoms with Crippen molar-refractivity contribution in [3.8, 4) is 0 Å². The second-order valence-corrected chi connectivity index (χ2v) is 9.73. The number of anilines is 1. The van der Waals surface area contributed by atoms with Crippen molar-refractivity contribution < 1.29 is 5.11 Å². The number of amidine groups is 1. The lowest BCUT2D eigenvalue weighted by molar-refractivity contribution is 0.162. The molecule has 32 heavy (non-hydrogen) atoms. The molecule has 1 aliphatic carbocycles. The number of piperidine rings is 1. The number of aliphatic hydroxyl groups excluding tert-OH is 1. The van der Waals surface area contributed by atoms with E-state index < -0.39 is 6.23 Å². The third kappa shape index (κ3) is 3.24. The molecule has 0 radical (unpaired) electrons. The molecule has 1 unspecified atom stereocenters. The van der Waals surface area contributed by atoms with Gasteiger partial charge in [0.2, 0.25) is 0 Å². The van der Waals surface area contributed by atoms with E-state index in [2.05, 4.69) is 11.0 Å². The van der Waals surface area contributed by atoms with Gasteiger partial charge in [0.15, 0.2) is 6.23 Å². The number of hydrogen-bond acceptors (Lipinski definition) is 6. The quantitative estimate of drug-likeness (QED) is 0.689. The smallest absolute Gasteiger partial charge is 0.158 e. The van der Waals surface area contributed by atoms with Crippen LogP contribution in [0.3, 0.4) is 0 Å². The highest BCUT2D eigenvalue weighted by Crippen LogP contribution is 2.45. The second-order valence-electron chi connectivity index (χ2n) is 8.95. The van der Waals surface area contributed by atoms with E-state index in [-0.39, 0.29) is 11.5 Å². The summed E-state index contributed by atoms with van der Waals surface area (Å²) in [5.41, 5.74) is 10.4. The van der Waals surface area contributed by atoms with Gasteiger partial charge in [-0.05, 0) is 56.9 Å². The van der Waals surface area contributed by atoms with Gasteiger partial charge >= 0.3 is 0 Å². The molecule has 1 fully saturated rings. The highest BCUT2D eigenvalue weighted by atomic mass is 35.5. The summed E-state index contributed by atoms with van der Waals surface area (Å²) < 4.78 is 0. The van der Waals surface area contributed by atoms with Gasteiger partial charge in [0, 0.05) is 36.3 Å². The monoisotopic (exact) mass is 471 g/mol. The number of halogens is 2. The Morgan fingerprint density at radius 1 is 1.12 bits per heavy atom. The van der Waals surface area contributed by atoms with Crippen LogP contribution in [0.2, 0.25) is 10.0 Å². The third-order valence-electron chi connectivity index (χ3n) is 7.26. The van der Waals surface area contributed by atoms with Crippen molar-refractivity contribution in [3.63, 3.8) is 0 Å². The Balaban J connectivity index is 1.40. The van der Waals surface area contributed by atoms with E-state index in [1.54, 1.807) is 11.0 Å². The maximum absolute atomic E-state index is 11.2. The molecule has 1 spiro atoms. The van der Waals surface area contributed by atoms with Crippen molar-refractivity contribution in [2.75, 3.05) is 18.0 Å². The van der Waals surface area contributed by atoms with Crippen LogP contribution < -0.4 is 10.6 Å². The molecule has 1 aromatic heterocycles. The zero-order valence-corrected chi connectivity index (χ0v) is 19.7. The largest absolute Gasteiger partial charge is 0.369 e. The van der Waals surface area contributed by atoms with Gasteiger partial charge in [-0.25, -0.2) is 4.99 Å². The number of rotatable bonds is 2. The summed E-state index contributed by atoms with van der Waals surface area (Å²) in [5, 5.41) is 12.0. The van der Waals surface area contributed by atoms with Gasteiger partial charge in [0.05, 0.1) is 21.4 Å². The first-order chi connectivity index (χ1) is 15.3. The van der Waals surface area contributed by atoms with Crippen LogP contribution in [0.15, 0.2) is 52.9 Å². The van der Waals surface area contributed by atoms with Gasteiger partial charge in [-0.3, -0.25) is 9.88 Å².